The van der Waals surface area contributed by atoms with E-state index in [0.29, 0.717) is 25.2 Å². The lowest BCUT2D eigenvalue weighted by molar-refractivity contribution is 0.0988. The molecule has 29 heavy (non-hydrogen) atoms. The maximum Gasteiger partial charge on any atom is 0.258 e. The van der Waals surface area contributed by atoms with E-state index in [1.807, 2.05) is 63.2 Å². The van der Waals surface area contributed by atoms with Crippen molar-refractivity contribution in [2.45, 2.75) is 25.7 Å². The fraction of sp³-hybridized carbons (Fsp3) is 0.261. The Morgan fingerprint density at radius 3 is 2.03 bits per heavy atom. The van der Waals surface area contributed by atoms with Crippen molar-refractivity contribution in [3.63, 3.8) is 0 Å². The minimum absolute atomic E-state index is 0.157. The van der Waals surface area contributed by atoms with E-state index < -0.39 is 10.0 Å². The van der Waals surface area contributed by atoms with E-state index in [0.717, 1.165) is 16.5 Å². The summed E-state index contributed by atoms with van der Waals surface area (Å²) in [5.74, 6) is -0.157. The molecule has 0 aromatic heterocycles. The predicted octanol–water partition coefficient (Wildman–Crippen LogP) is 4.54. The van der Waals surface area contributed by atoms with Crippen molar-refractivity contribution < 1.29 is 13.2 Å². The van der Waals surface area contributed by atoms with Gasteiger partial charge in [0.2, 0.25) is 10.0 Å². The molecule has 0 N–H and O–H groups in total. The highest BCUT2D eigenvalue weighted by molar-refractivity contribution is 7.89. The van der Waals surface area contributed by atoms with Gasteiger partial charge >= 0.3 is 0 Å². The molecule has 0 heterocycles. The standard InChI is InChI=1S/C23H26N2O3S/c1-4-24(5-2)29(27,28)20-16-14-19(15-17-20)23(26)25(6-3)22-13-9-11-18-10-7-8-12-21(18)22/h7-17H,4-6H2,1-3H3. The topological polar surface area (TPSA) is 57.7 Å². The summed E-state index contributed by atoms with van der Waals surface area (Å²) in [5.41, 5.74) is 1.30. The molecule has 3 aromatic rings. The fourth-order valence-electron chi connectivity index (χ4n) is 3.50. The highest BCUT2D eigenvalue weighted by atomic mass is 32.2. The van der Waals surface area contributed by atoms with E-state index in [-0.39, 0.29) is 10.8 Å². The maximum atomic E-state index is 13.2. The number of carbonyl (C=O) groups is 1. The van der Waals surface area contributed by atoms with Crippen molar-refractivity contribution in [3.8, 4) is 0 Å². The van der Waals surface area contributed by atoms with E-state index in [9.17, 15) is 13.2 Å². The van der Waals surface area contributed by atoms with Crippen LogP contribution in [0, 0.1) is 0 Å². The van der Waals surface area contributed by atoms with E-state index >= 15 is 0 Å². The molecule has 0 aliphatic heterocycles. The van der Waals surface area contributed by atoms with Crippen LogP contribution in [-0.4, -0.2) is 38.3 Å². The van der Waals surface area contributed by atoms with Crippen LogP contribution in [0.5, 0.6) is 0 Å². The van der Waals surface area contributed by atoms with Crippen LogP contribution in [0.3, 0.4) is 0 Å². The van der Waals surface area contributed by atoms with Crippen molar-refractivity contribution >= 4 is 32.4 Å². The number of benzene rings is 3. The number of carbonyl (C=O) groups excluding carboxylic acids is 1. The van der Waals surface area contributed by atoms with Gasteiger partial charge in [-0.1, -0.05) is 50.2 Å². The second-order valence-electron chi connectivity index (χ2n) is 6.66. The summed E-state index contributed by atoms with van der Waals surface area (Å²) in [7, 11) is -3.54. The zero-order chi connectivity index (χ0) is 21.0. The molecule has 0 radical (unpaired) electrons. The molecule has 3 aromatic carbocycles. The summed E-state index contributed by atoms with van der Waals surface area (Å²) >= 11 is 0. The van der Waals surface area contributed by atoms with Gasteiger partial charge in [0, 0.05) is 30.6 Å². The number of hydrogen-bond acceptors (Lipinski definition) is 3. The average molecular weight is 411 g/mol. The Morgan fingerprint density at radius 1 is 0.793 bits per heavy atom. The van der Waals surface area contributed by atoms with Gasteiger partial charge in [0.25, 0.3) is 5.91 Å². The summed E-state index contributed by atoms with van der Waals surface area (Å²) in [5, 5.41) is 2.07. The number of anilines is 1. The van der Waals surface area contributed by atoms with E-state index in [4.69, 9.17) is 0 Å². The average Bonchev–Trinajstić information content (AvgIpc) is 2.75. The molecule has 152 valence electrons. The van der Waals surface area contributed by atoms with Crippen molar-refractivity contribution in [1.82, 2.24) is 4.31 Å². The lowest BCUT2D eigenvalue weighted by Crippen LogP contribution is -2.31. The minimum Gasteiger partial charge on any atom is -0.308 e. The molecule has 0 atom stereocenters. The third-order valence-electron chi connectivity index (χ3n) is 5.06. The minimum atomic E-state index is -3.54. The Labute approximate surface area is 172 Å². The molecule has 0 saturated carbocycles. The Kier molecular flexibility index (Phi) is 6.35. The zero-order valence-corrected chi connectivity index (χ0v) is 17.8. The van der Waals surface area contributed by atoms with Gasteiger partial charge in [0.05, 0.1) is 10.6 Å². The third kappa shape index (κ3) is 4.04. The number of hydrogen-bond donors (Lipinski definition) is 0. The third-order valence-corrected chi connectivity index (χ3v) is 7.13. The summed E-state index contributed by atoms with van der Waals surface area (Å²) < 4.78 is 26.7. The highest BCUT2D eigenvalue weighted by Crippen LogP contribution is 2.28. The Morgan fingerprint density at radius 2 is 1.41 bits per heavy atom. The second kappa shape index (κ2) is 8.76. The van der Waals surface area contributed by atoms with Gasteiger partial charge in [0.1, 0.15) is 0 Å². The number of sulfonamides is 1. The van der Waals surface area contributed by atoms with Crippen LogP contribution in [0.1, 0.15) is 31.1 Å². The van der Waals surface area contributed by atoms with Crippen LogP contribution >= 0.6 is 0 Å². The molecule has 0 saturated heterocycles. The molecule has 0 spiro atoms. The molecule has 0 aliphatic carbocycles. The largest absolute Gasteiger partial charge is 0.308 e. The Hall–Kier alpha value is -2.70. The monoisotopic (exact) mass is 410 g/mol. The van der Waals surface area contributed by atoms with Gasteiger partial charge < -0.3 is 4.90 Å². The molecule has 0 unspecified atom stereocenters. The van der Waals surface area contributed by atoms with Crippen LogP contribution in [0.15, 0.2) is 71.6 Å². The van der Waals surface area contributed by atoms with E-state index in [2.05, 4.69) is 0 Å². The SMILES string of the molecule is CCN(C(=O)c1ccc(S(=O)(=O)N(CC)CC)cc1)c1cccc2ccccc12. The quantitative estimate of drug-likeness (QED) is 0.575. The first-order chi connectivity index (χ1) is 13.9. The molecule has 5 nitrogen and oxygen atoms in total. The van der Waals surface area contributed by atoms with Crippen molar-refractivity contribution in [2.24, 2.45) is 0 Å². The van der Waals surface area contributed by atoms with Gasteiger partial charge in [-0.2, -0.15) is 4.31 Å². The first-order valence-electron chi connectivity index (χ1n) is 9.83. The molecule has 6 heteroatoms. The first-order valence-corrected chi connectivity index (χ1v) is 11.3. The second-order valence-corrected chi connectivity index (χ2v) is 8.60. The molecular formula is C23H26N2O3S. The molecule has 0 aliphatic rings. The lowest BCUT2D eigenvalue weighted by atomic mass is 10.1. The van der Waals surface area contributed by atoms with Gasteiger partial charge in [0.15, 0.2) is 0 Å². The molecule has 0 bridgehead atoms. The van der Waals surface area contributed by atoms with Gasteiger partial charge in [-0.15, -0.1) is 0 Å². The number of fused-ring (bicyclic) bond motifs is 1. The normalized spacial score (nSPS) is 11.7. The number of nitrogens with zero attached hydrogens (tertiary/aromatic N) is 2. The summed E-state index contributed by atoms with van der Waals surface area (Å²) in [4.78, 5) is 15.1. The first kappa shape index (κ1) is 21.0. The van der Waals surface area contributed by atoms with Gasteiger partial charge in [-0.3, -0.25) is 4.79 Å². The zero-order valence-electron chi connectivity index (χ0n) is 17.0. The highest BCUT2D eigenvalue weighted by Gasteiger charge is 2.23. The van der Waals surface area contributed by atoms with Crippen LogP contribution < -0.4 is 4.90 Å². The predicted molar refractivity (Wildman–Crippen MR) is 118 cm³/mol. The Balaban J connectivity index is 1.95. The van der Waals surface area contributed by atoms with Crippen molar-refractivity contribution in [3.05, 3.63) is 72.3 Å². The molecular weight excluding hydrogens is 384 g/mol. The smallest absolute Gasteiger partial charge is 0.258 e. The van der Waals surface area contributed by atoms with Crippen LogP contribution in [0.4, 0.5) is 5.69 Å². The van der Waals surface area contributed by atoms with Crippen molar-refractivity contribution in [2.75, 3.05) is 24.5 Å². The van der Waals surface area contributed by atoms with Crippen LogP contribution in [-0.2, 0) is 10.0 Å². The summed E-state index contributed by atoms with van der Waals surface area (Å²) in [6, 6.07) is 20.0. The van der Waals surface area contributed by atoms with Crippen molar-refractivity contribution in [1.29, 1.82) is 0 Å². The lowest BCUT2D eigenvalue weighted by Gasteiger charge is -2.23. The Bertz CT molecular complexity index is 1100. The summed E-state index contributed by atoms with van der Waals surface area (Å²) in [6.45, 7) is 6.87. The molecule has 0 fully saturated rings. The number of rotatable bonds is 7. The summed E-state index contributed by atoms with van der Waals surface area (Å²) in [6.07, 6.45) is 0. The molecule has 3 rings (SSSR count). The van der Waals surface area contributed by atoms with E-state index in [1.165, 1.54) is 16.4 Å². The van der Waals surface area contributed by atoms with Gasteiger partial charge in [-0.05, 0) is 42.6 Å². The van der Waals surface area contributed by atoms with E-state index in [1.54, 1.807) is 17.0 Å². The fourth-order valence-corrected chi connectivity index (χ4v) is 4.96. The molecule has 1 amide bonds. The van der Waals surface area contributed by atoms with Gasteiger partial charge in [-0.25, -0.2) is 8.42 Å². The number of amides is 1. The van der Waals surface area contributed by atoms with Crippen LogP contribution in [0.2, 0.25) is 0 Å². The van der Waals surface area contributed by atoms with Crippen LogP contribution in [0.25, 0.3) is 10.8 Å². The maximum absolute atomic E-state index is 13.2.